The van der Waals surface area contributed by atoms with Crippen LogP contribution in [0, 0.1) is 12.8 Å². The van der Waals surface area contributed by atoms with Gasteiger partial charge in [-0.1, -0.05) is 61.5 Å². The van der Waals surface area contributed by atoms with Crippen molar-refractivity contribution in [3.05, 3.63) is 95.8 Å². The molecule has 1 heterocycles. The van der Waals surface area contributed by atoms with Crippen LogP contribution in [0.25, 0.3) is 0 Å². The third-order valence-electron chi connectivity index (χ3n) is 5.90. The molecule has 0 radical (unpaired) electrons. The number of hydrogen-bond acceptors (Lipinski definition) is 7. The monoisotopic (exact) mass is 541 g/mol. The van der Waals surface area contributed by atoms with Gasteiger partial charge < -0.3 is 15.2 Å². The number of benzene rings is 3. The summed E-state index contributed by atoms with van der Waals surface area (Å²) in [4.78, 5) is 25.5. The van der Waals surface area contributed by atoms with Crippen molar-refractivity contribution in [3.63, 3.8) is 0 Å². The maximum absolute atomic E-state index is 12.9. The fourth-order valence-electron chi connectivity index (χ4n) is 3.81. The number of carbonyl (C=O) groups excluding carboxylic acids is 2. The predicted molar refractivity (Wildman–Crippen MR) is 154 cm³/mol. The minimum atomic E-state index is -0.337. The quantitative estimate of drug-likeness (QED) is 0.178. The summed E-state index contributed by atoms with van der Waals surface area (Å²) in [6.07, 6.45) is 0. The lowest BCUT2D eigenvalue weighted by Gasteiger charge is -2.21. The smallest absolute Gasteiger partial charge is 0.251 e. The van der Waals surface area contributed by atoms with Crippen LogP contribution in [0.2, 0.25) is 0 Å². The van der Waals surface area contributed by atoms with E-state index in [0.717, 1.165) is 11.3 Å². The van der Waals surface area contributed by atoms with Gasteiger partial charge in [0.25, 0.3) is 5.91 Å². The second kappa shape index (κ2) is 13.0. The van der Waals surface area contributed by atoms with Crippen LogP contribution in [0.5, 0.6) is 0 Å². The molecule has 4 aromatic rings. The number of azo groups is 1. The second-order valence-corrected chi connectivity index (χ2v) is 10.3. The maximum Gasteiger partial charge on any atom is 0.251 e. The summed E-state index contributed by atoms with van der Waals surface area (Å²) < 4.78 is 1.83. The Morgan fingerprint density at radius 3 is 2.28 bits per heavy atom. The highest BCUT2D eigenvalue weighted by molar-refractivity contribution is 7.99. The topological polar surface area (TPSA) is 114 Å². The van der Waals surface area contributed by atoms with Gasteiger partial charge in [-0.25, -0.2) is 0 Å². The van der Waals surface area contributed by atoms with E-state index in [0.29, 0.717) is 27.9 Å². The van der Waals surface area contributed by atoms with Gasteiger partial charge in [0.05, 0.1) is 23.2 Å². The lowest BCUT2D eigenvalue weighted by molar-refractivity contribution is -0.113. The average molecular weight is 542 g/mol. The number of amides is 2. The molecule has 4 rings (SSSR count). The Hall–Kier alpha value is -4.31. The minimum Gasteiger partial charge on any atom is -0.342 e. The lowest BCUT2D eigenvalue weighted by Crippen LogP contribution is -2.33. The summed E-state index contributed by atoms with van der Waals surface area (Å²) in [5, 5.41) is 23.6. The normalized spacial score (nSPS) is 12.0. The molecule has 10 heteroatoms. The molecule has 2 amide bonds. The fourth-order valence-corrected chi connectivity index (χ4v) is 4.53. The fraction of sp³-hybridized carbons (Fsp3) is 0.241. The van der Waals surface area contributed by atoms with Crippen molar-refractivity contribution in [3.8, 4) is 0 Å². The molecular formula is C29H31N7O2S. The number of aromatic nitrogens is 3. The van der Waals surface area contributed by atoms with Gasteiger partial charge in [0.15, 0.2) is 11.0 Å². The zero-order valence-corrected chi connectivity index (χ0v) is 23.1. The predicted octanol–water partition coefficient (Wildman–Crippen LogP) is 6.40. The summed E-state index contributed by atoms with van der Waals surface area (Å²) in [6, 6.07) is 23.8. The summed E-state index contributed by atoms with van der Waals surface area (Å²) in [5.41, 5.74) is 3.74. The molecule has 0 saturated heterocycles. The summed E-state index contributed by atoms with van der Waals surface area (Å²) in [7, 11) is 1.84. The molecule has 0 aliphatic rings. The molecular weight excluding hydrogens is 510 g/mol. The largest absolute Gasteiger partial charge is 0.342 e. The van der Waals surface area contributed by atoms with Crippen LogP contribution in [0.1, 0.15) is 41.6 Å². The Kier molecular flexibility index (Phi) is 9.22. The molecule has 39 heavy (non-hydrogen) atoms. The van der Waals surface area contributed by atoms with Gasteiger partial charge in [0.2, 0.25) is 5.91 Å². The first-order valence-electron chi connectivity index (χ1n) is 12.6. The standard InChI is InChI=1S/C29H31N7O2S/c1-19(2)26(31-28(38)21-10-8-9-20(3)17-21)27-34-35-29(36(27)4)39-18-25(37)30-22-13-15-24(16-14-22)33-32-23-11-6-5-7-12-23/h5-17,19,26H,18H2,1-4H3,(H,30,37)(H,31,38)/t26-/m0/s1. The lowest BCUT2D eigenvalue weighted by atomic mass is 10.0. The molecule has 2 N–H and O–H groups in total. The van der Waals surface area contributed by atoms with Crippen LogP contribution >= 0.6 is 11.8 Å². The van der Waals surface area contributed by atoms with Gasteiger partial charge in [-0.15, -0.1) is 10.2 Å². The van der Waals surface area contributed by atoms with Crippen molar-refractivity contribution in [2.45, 2.75) is 32.0 Å². The number of carbonyl (C=O) groups is 2. The first kappa shape index (κ1) is 27.7. The van der Waals surface area contributed by atoms with E-state index in [4.69, 9.17) is 0 Å². The second-order valence-electron chi connectivity index (χ2n) is 9.38. The number of nitrogens with one attached hydrogen (secondary N) is 2. The van der Waals surface area contributed by atoms with E-state index in [-0.39, 0.29) is 29.5 Å². The molecule has 0 saturated carbocycles. The molecule has 3 aromatic carbocycles. The first-order chi connectivity index (χ1) is 18.8. The van der Waals surface area contributed by atoms with E-state index in [1.807, 2.05) is 80.9 Å². The van der Waals surface area contributed by atoms with E-state index in [9.17, 15) is 9.59 Å². The van der Waals surface area contributed by atoms with E-state index in [2.05, 4.69) is 31.1 Å². The number of nitrogens with zero attached hydrogens (tertiary/aromatic N) is 5. The SMILES string of the molecule is Cc1cccc(C(=O)N[C@H](c2nnc(SCC(=O)Nc3ccc(N=Nc4ccccc4)cc3)n2C)C(C)C)c1. The maximum atomic E-state index is 12.9. The van der Waals surface area contributed by atoms with Gasteiger partial charge in [-0.3, -0.25) is 9.59 Å². The zero-order chi connectivity index (χ0) is 27.8. The van der Waals surface area contributed by atoms with Gasteiger partial charge in [-0.05, 0) is 61.4 Å². The number of rotatable bonds is 10. The van der Waals surface area contributed by atoms with Crippen LogP contribution in [0.15, 0.2) is 94.2 Å². The summed E-state index contributed by atoms with van der Waals surface area (Å²) in [5.74, 6) is 0.536. The van der Waals surface area contributed by atoms with E-state index in [1.165, 1.54) is 11.8 Å². The Labute approximate surface area is 232 Å². The molecule has 0 spiro atoms. The van der Waals surface area contributed by atoms with E-state index >= 15 is 0 Å². The molecule has 1 atom stereocenters. The van der Waals surface area contributed by atoms with Crippen LogP contribution in [0.3, 0.4) is 0 Å². The Morgan fingerprint density at radius 2 is 1.62 bits per heavy atom. The molecule has 0 fully saturated rings. The molecule has 0 unspecified atom stereocenters. The van der Waals surface area contributed by atoms with Gasteiger partial charge in [-0.2, -0.15) is 10.2 Å². The number of aryl methyl sites for hydroxylation is 1. The first-order valence-corrected chi connectivity index (χ1v) is 13.5. The third-order valence-corrected chi connectivity index (χ3v) is 6.92. The number of anilines is 1. The van der Waals surface area contributed by atoms with Crippen molar-refractivity contribution < 1.29 is 9.59 Å². The summed E-state index contributed by atoms with van der Waals surface area (Å²) >= 11 is 1.28. The minimum absolute atomic E-state index is 0.0815. The van der Waals surface area contributed by atoms with Crippen molar-refractivity contribution in [2.75, 3.05) is 11.1 Å². The van der Waals surface area contributed by atoms with Crippen molar-refractivity contribution in [2.24, 2.45) is 23.2 Å². The number of hydrogen-bond donors (Lipinski definition) is 2. The molecule has 1 aromatic heterocycles. The van der Waals surface area contributed by atoms with Crippen LogP contribution < -0.4 is 10.6 Å². The molecule has 200 valence electrons. The molecule has 0 aliphatic heterocycles. The average Bonchev–Trinajstić information content (AvgIpc) is 3.30. The number of thioether (sulfide) groups is 1. The van der Waals surface area contributed by atoms with E-state index < -0.39 is 0 Å². The van der Waals surface area contributed by atoms with Crippen LogP contribution in [-0.4, -0.2) is 32.3 Å². The molecule has 9 nitrogen and oxygen atoms in total. The third kappa shape index (κ3) is 7.61. The Morgan fingerprint density at radius 1 is 0.923 bits per heavy atom. The highest BCUT2D eigenvalue weighted by Crippen LogP contribution is 2.25. The summed E-state index contributed by atoms with van der Waals surface area (Å²) in [6.45, 7) is 5.99. The highest BCUT2D eigenvalue weighted by Gasteiger charge is 2.25. The van der Waals surface area contributed by atoms with Crippen LogP contribution in [-0.2, 0) is 11.8 Å². The van der Waals surface area contributed by atoms with Gasteiger partial charge >= 0.3 is 0 Å². The van der Waals surface area contributed by atoms with Gasteiger partial charge in [0.1, 0.15) is 0 Å². The Bertz CT molecular complexity index is 1450. The highest BCUT2D eigenvalue weighted by atomic mass is 32.2. The zero-order valence-electron chi connectivity index (χ0n) is 22.3. The van der Waals surface area contributed by atoms with Crippen molar-refractivity contribution >= 4 is 40.6 Å². The van der Waals surface area contributed by atoms with E-state index in [1.54, 1.807) is 30.3 Å². The van der Waals surface area contributed by atoms with Crippen LogP contribution in [0.4, 0.5) is 17.1 Å². The van der Waals surface area contributed by atoms with Gasteiger partial charge in [0, 0.05) is 18.3 Å². The molecule has 0 aliphatic carbocycles. The van der Waals surface area contributed by atoms with Crippen molar-refractivity contribution in [1.29, 1.82) is 0 Å². The van der Waals surface area contributed by atoms with Crippen molar-refractivity contribution in [1.82, 2.24) is 20.1 Å². The molecule has 0 bridgehead atoms. The Balaban J connectivity index is 1.33.